The number of ketones is 1. The van der Waals surface area contributed by atoms with Gasteiger partial charge >= 0.3 is 5.97 Å². The highest BCUT2D eigenvalue weighted by atomic mass is 32.1. The van der Waals surface area contributed by atoms with Gasteiger partial charge in [0, 0.05) is 5.56 Å². The molecule has 122 valence electrons. The lowest BCUT2D eigenvalue weighted by Gasteiger charge is -2.08. The van der Waals surface area contributed by atoms with E-state index in [2.05, 4.69) is 5.16 Å². The Morgan fingerprint density at radius 3 is 2.50 bits per heavy atom. The quantitative estimate of drug-likeness (QED) is 0.519. The van der Waals surface area contributed by atoms with E-state index in [4.69, 9.17) is 9.26 Å². The second-order valence-electron chi connectivity index (χ2n) is 5.23. The van der Waals surface area contributed by atoms with Crippen molar-refractivity contribution in [2.75, 3.05) is 0 Å². The minimum atomic E-state index is -0.546. The van der Waals surface area contributed by atoms with Gasteiger partial charge in [-0.15, -0.1) is 11.3 Å². The van der Waals surface area contributed by atoms with Crippen molar-refractivity contribution in [2.24, 2.45) is 0 Å². The number of hydrogen-bond acceptors (Lipinski definition) is 6. The van der Waals surface area contributed by atoms with Crippen molar-refractivity contribution in [3.8, 4) is 0 Å². The highest BCUT2D eigenvalue weighted by Crippen LogP contribution is 2.20. The number of ether oxygens (including phenoxy) is 1. The molecule has 0 fully saturated rings. The fourth-order valence-electron chi connectivity index (χ4n) is 2.32. The van der Waals surface area contributed by atoms with Crippen LogP contribution in [0.5, 0.6) is 0 Å². The first-order valence-electron chi connectivity index (χ1n) is 7.34. The third kappa shape index (κ3) is 3.14. The van der Waals surface area contributed by atoms with E-state index in [-0.39, 0.29) is 18.0 Å². The van der Waals surface area contributed by atoms with Crippen LogP contribution in [0.25, 0.3) is 0 Å². The van der Waals surface area contributed by atoms with Gasteiger partial charge in [-0.05, 0) is 31.4 Å². The normalized spacial score (nSPS) is 10.6. The first-order chi connectivity index (χ1) is 11.6. The first kappa shape index (κ1) is 16.1. The second-order valence-corrected chi connectivity index (χ2v) is 6.18. The van der Waals surface area contributed by atoms with Crippen LogP contribution in [-0.2, 0) is 11.3 Å². The zero-order chi connectivity index (χ0) is 17.1. The number of rotatable bonds is 5. The van der Waals surface area contributed by atoms with Crippen LogP contribution < -0.4 is 0 Å². The van der Waals surface area contributed by atoms with Gasteiger partial charge < -0.3 is 9.26 Å². The standard InChI is InChI=1S/C18H15NO4S/c1-11-15(12(2)23-19-11)10-22-18(21)14-7-4-3-6-13(14)17(20)16-8-5-9-24-16/h3-9H,10H2,1-2H3. The summed E-state index contributed by atoms with van der Waals surface area (Å²) in [7, 11) is 0. The predicted octanol–water partition coefficient (Wildman–Crippen LogP) is 3.94. The molecule has 2 heterocycles. The molecule has 6 heteroatoms. The van der Waals surface area contributed by atoms with E-state index in [1.807, 2.05) is 5.38 Å². The van der Waals surface area contributed by atoms with E-state index < -0.39 is 5.97 Å². The fraction of sp³-hybridized carbons (Fsp3) is 0.167. The highest BCUT2D eigenvalue weighted by Gasteiger charge is 2.20. The van der Waals surface area contributed by atoms with E-state index in [0.29, 0.717) is 21.9 Å². The Morgan fingerprint density at radius 1 is 1.12 bits per heavy atom. The summed E-state index contributed by atoms with van der Waals surface area (Å²) in [6, 6.07) is 10.2. The van der Waals surface area contributed by atoms with E-state index >= 15 is 0 Å². The molecule has 0 amide bonds. The van der Waals surface area contributed by atoms with E-state index in [9.17, 15) is 9.59 Å². The lowest BCUT2D eigenvalue weighted by molar-refractivity contribution is 0.0468. The van der Waals surface area contributed by atoms with Gasteiger partial charge in [0.05, 0.1) is 21.7 Å². The molecule has 0 N–H and O–H groups in total. The van der Waals surface area contributed by atoms with Crippen molar-refractivity contribution in [1.29, 1.82) is 0 Å². The molecule has 0 spiro atoms. The van der Waals surface area contributed by atoms with E-state index in [1.54, 1.807) is 50.2 Å². The van der Waals surface area contributed by atoms with Gasteiger partial charge in [0.15, 0.2) is 0 Å². The summed E-state index contributed by atoms with van der Waals surface area (Å²) in [6.07, 6.45) is 0. The van der Waals surface area contributed by atoms with Crippen LogP contribution in [-0.4, -0.2) is 16.9 Å². The van der Waals surface area contributed by atoms with Gasteiger partial charge in [-0.25, -0.2) is 4.79 Å². The van der Waals surface area contributed by atoms with Crippen LogP contribution in [0, 0.1) is 13.8 Å². The number of carbonyl (C=O) groups is 2. The van der Waals surface area contributed by atoms with Crippen LogP contribution in [0.2, 0.25) is 0 Å². The van der Waals surface area contributed by atoms with Gasteiger partial charge in [0.2, 0.25) is 5.78 Å². The van der Waals surface area contributed by atoms with Crippen molar-refractivity contribution in [3.05, 3.63) is 74.8 Å². The van der Waals surface area contributed by atoms with Crippen molar-refractivity contribution in [3.63, 3.8) is 0 Å². The van der Waals surface area contributed by atoms with E-state index in [0.717, 1.165) is 5.56 Å². The molecule has 0 saturated carbocycles. The predicted molar refractivity (Wildman–Crippen MR) is 89.3 cm³/mol. The maximum atomic E-state index is 12.6. The fourth-order valence-corrected chi connectivity index (χ4v) is 3.00. The number of benzene rings is 1. The molecule has 5 nitrogen and oxygen atoms in total. The average molecular weight is 341 g/mol. The summed E-state index contributed by atoms with van der Waals surface area (Å²) in [5, 5.41) is 5.65. The summed E-state index contributed by atoms with van der Waals surface area (Å²) >= 11 is 1.34. The first-order valence-corrected chi connectivity index (χ1v) is 8.22. The molecule has 0 radical (unpaired) electrons. The van der Waals surface area contributed by atoms with Gasteiger partial charge in [0.25, 0.3) is 0 Å². The Bertz CT molecular complexity index is 861. The molecular weight excluding hydrogens is 326 g/mol. The number of esters is 1. The summed E-state index contributed by atoms with van der Waals surface area (Å²) in [4.78, 5) is 25.6. The number of thiophene rings is 1. The lowest BCUT2D eigenvalue weighted by Crippen LogP contribution is -2.12. The topological polar surface area (TPSA) is 69.4 Å². The molecule has 0 unspecified atom stereocenters. The molecule has 0 aliphatic heterocycles. The van der Waals surface area contributed by atoms with Gasteiger partial charge in [0.1, 0.15) is 12.4 Å². The van der Waals surface area contributed by atoms with Crippen molar-refractivity contribution < 1.29 is 18.8 Å². The number of aromatic nitrogens is 1. The van der Waals surface area contributed by atoms with Gasteiger partial charge in [-0.3, -0.25) is 4.79 Å². The Labute approximate surface area is 142 Å². The molecule has 0 aliphatic carbocycles. The number of aryl methyl sites for hydroxylation is 2. The zero-order valence-corrected chi connectivity index (χ0v) is 14.1. The largest absolute Gasteiger partial charge is 0.457 e. The molecule has 0 saturated heterocycles. The molecule has 3 aromatic rings. The molecule has 3 rings (SSSR count). The number of nitrogens with zero attached hydrogens (tertiary/aromatic N) is 1. The Kier molecular flexibility index (Phi) is 4.57. The van der Waals surface area contributed by atoms with Crippen molar-refractivity contribution in [1.82, 2.24) is 5.16 Å². The molecule has 2 aromatic heterocycles. The summed E-state index contributed by atoms with van der Waals surface area (Å²) in [5.74, 6) is -0.117. The minimum Gasteiger partial charge on any atom is -0.457 e. The Balaban J connectivity index is 1.82. The number of carbonyl (C=O) groups excluding carboxylic acids is 2. The average Bonchev–Trinajstić information content (AvgIpc) is 3.23. The smallest absolute Gasteiger partial charge is 0.339 e. The van der Waals surface area contributed by atoms with Crippen molar-refractivity contribution >= 4 is 23.1 Å². The molecular formula is C18H15NO4S. The summed E-state index contributed by atoms with van der Waals surface area (Å²) < 4.78 is 10.4. The SMILES string of the molecule is Cc1noc(C)c1COC(=O)c1ccccc1C(=O)c1cccs1. The molecule has 0 atom stereocenters. The molecule has 24 heavy (non-hydrogen) atoms. The maximum absolute atomic E-state index is 12.6. The van der Waals surface area contributed by atoms with Crippen LogP contribution in [0.3, 0.4) is 0 Å². The molecule has 0 aliphatic rings. The Morgan fingerprint density at radius 2 is 1.88 bits per heavy atom. The third-order valence-electron chi connectivity index (χ3n) is 3.67. The van der Waals surface area contributed by atoms with Crippen LogP contribution in [0.4, 0.5) is 0 Å². The number of hydrogen-bond donors (Lipinski definition) is 0. The third-order valence-corrected chi connectivity index (χ3v) is 4.53. The Hall–Kier alpha value is -2.73. The zero-order valence-electron chi connectivity index (χ0n) is 13.2. The monoisotopic (exact) mass is 341 g/mol. The van der Waals surface area contributed by atoms with E-state index in [1.165, 1.54) is 11.3 Å². The van der Waals surface area contributed by atoms with Crippen molar-refractivity contribution in [2.45, 2.75) is 20.5 Å². The van der Waals surface area contributed by atoms with Gasteiger partial charge in [-0.2, -0.15) is 0 Å². The summed E-state index contributed by atoms with van der Waals surface area (Å²) in [6.45, 7) is 3.60. The summed E-state index contributed by atoms with van der Waals surface area (Å²) in [5.41, 5.74) is 2.01. The van der Waals surface area contributed by atoms with Crippen LogP contribution in [0.1, 0.15) is 42.6 Å². The molecule has 0 bridgehead atoms. The second kappa shape index (κ2) is 6.80. The van der Waals surface area contributed by atoms with Crippen LogP contribution in [0.15, 0.2) is 46.3 Å². The maximum Gasteiger partial charge on any atom is 0.339 e. The lowest BCUT2D eigenvalue weighted by atomic mass is 10.0. The van der Waals surface area contributed by atoms with Crippen LogP contribution >= 0.6 is 11.3 Å². The highest BCUT2D eigenvalue weighted by molar-refractivity contribution is 7.12. The molecule has 1 aromatic carbocycles. The minimum absolute atomic E-state index is 0.0571. The van der Waals surface area contributed by atoms with Gasteiger partial charge in [-0.1, -0.05) is 29.4 Å².